The molecule has 0 aliphatic heterocycles. The molecule has 152 valence electrons. The van der Waals surface area contributed by atoms with Crippen LogP contribution < -0.4 is 0 Å². The van der Waals surface area contributed by atoms with E-state index in [9.17, 15) is 9.59 Å². The summed E-state index contributed by atoms with van der Waals surface area (Å²) in [6.45, 7) is 5.72. The number of carbonyl (C=O) groups is 2. The van der Waals surface area contributed by atoms with E-state index in [4.69, 9.17) is 23.7 Å². The van der Waals surface area contributed by atoms with Gasteiger partial charge in [-0.3, -0.25) is 9.59 Å². The fourth-order valence-electron chi connectivity index (χ4n) is 2.17. The van der Waals surface area contributed by atoms with Crippen LogP contribution in [0.4, 0.5) is 0 Å². The minimum Gasteiger partial charge on any atom is -0.466 e. The molecule has 1 unspecified atom stereocenters. The Morgan fingerprint density at radius 1 is 0.852 bits per heavy atom. The summed E-state index contributed by atoms with van der Waals surface area (Å²) in [5.41, 5.74) is 1.06. The average Bonchev–Trinajstić information content (AvgIpc) is 2.66. The standard InChI is InChI=1S/C20H30O7/c1-3-25-19(21)10-12-23-15-18(27-13-11-20(22)26-4-2)16-24-14-17-8-6-5-7-9-17/h5-9,18H,3-4,10-16H2,1-2H3. The normalized spacial score (nSPS) is 11.8. The lowest BCUT2D eigenvalue weighted by Crippen LogP contribution is -2.27. The fraction of sp³-hybridized carbons (Fsp3) is 0.600. The van der Waals surface area contributed by atoms with Crippen molar-refractivity contribution in [3.05, 3.63) is 35.9 Å². The van der Waals surface area contributed by atoms with Gasteiger partial charge in [0.1, 0.15) is 6.10 Å². The highest BCUT2D eigenvalue weighted by Gasteiger charge is 2.13. The highest BCUT2D eigenvalue weighted by atomic mass is 16.6. The zero-order valence-electron chi connectivity index (χ0n) is 16.2. The van der Waals surface area contributed by atoms with Crippen LogP contribution in [0.25, 0.3) is 0 Å². The largest absolute Gasteiger partial charge is 0.466 e. The van der Waals surface area contributed by atoms with Crippen LogP contribution in [-0.2, 0) is 39.9 Å². The van der Waals surface area contributed by atoms with Gasteiger partial charge in [-0.1, -0.05) is 30.3 Å². The minimum absolute atomic E-state index is 0.172. The molecule has 0 N–H and O–H groups in total. The minimum atomic E-state index is -0.342. The Morgan fingerprint density at radius 3 is 2.07 bits per heavy atom. The zero-order chi connectivity index (χ0) is 19.7. The first kappa shape index (κ1) is 23.1. The smallest absolute Gasteiger partial charge is 0.308 e. The molecule has 0 aliphatic carbocycles. The lowest BCUT2D eigenvalue weighted by Gasteiger charge is -2.18. The number of benzene rings is 1. The van der Waals surface area contributed by atoms with Gasteiger partial charge in [-0.25, -0.2) is 0 Å². The van der Waals surface area contributed by atoms with Gasteiger partial charge in [0.15, 0.2) is 0 Å². The van der Waals surface area contributed by atoms with Gasteiger partial charge in [0.2, 0.25) is 0 Å². The van der Waals surface area contributed by atoms with Crippen LogP contribution in [0.3, 0.4) is 0 Å². The molecule has 7 heteroatoms. The molecule has 27 heavy (non-hydrogen) atoms. The summed E-state index contributed by atoms with van der Waals surface area (Å²) in [6, 6.07) is 9.80. The van der Waals surface area contributed by atoms with Crippen molar-refractivity contribution in [2.45, 2.75) is 39.4 Å². The number of hydrogen-bond acceptors (Lipinski definition) is 7. The Kier molecular flexibility index (Phi) is 12.9. The second-order valence-electron chi connectivity index (χ2n) is 5.68. The fourth-order valence-corrected chi connectivity index (χ4v) is 2.17. The molecule has 0 saturated heterocycles. The van der Waals surface area contributed by atoms with Crippen molar-refractivity contribution in [1.82, 2.24) is 0 Å². The molecule has 1 aromatic carbocycles. The maximum absolute atomic E-state index is 11.4. The number of hydrogen-bond donors (Lipinski definition) is 0. The number of ether oxygens (including phenoxy) is 5. The molecule has 1 aromatic rings. The van der Waals surface area contributed by atoms with Crippen molar-refractivity contribution in [2.75, 3.05) is 39.6 Å². The monoisotopic (exact) mass is 382 g/mol. The lowest BCUT2D eigenvalue weighted by molar-refractivity contribution is -0.147. The van der Waals surface area contributed by atoms with E-state index in [1.165, 1.54) is 0 Å². The van der Waals surface area contributed by atoms with Gasteiger partial charge in [-0.05, 0) is 19.4 Å². The van der Waals surface area contributed by atoms with Crippen LogP contribution >= 0.6 is 0 Å². The van der Waals surface area contributed by atoms with Crippen molar-refractivity contribution in [3.8, 4) is 0 Å². The lowest BCUT2D eigenvalue weighted by atomic mass is 10.2. The second kappa shape index (κ2) is 15.1. The third-order valence-corrected chi connectivity index (χ3v) is 3.44. The summed E-state index contributed by atoms with van der Waals surface area (Å²) >= 11 is 0. The maximum atomic E-state index is 11.4. The van der Waals surface area contributed by atoms with Crippen LogP contribution in [0, 0.1) is 0 Å². The molecule has 1 atom stereocenters. The molecular weight excluding hydrogens is 352 g/mol. The molecule has 7 nitrogen and oxygen atoms in total. The van der Waals surface area contributed by atoms with E-state index in [2.05, 4.69) is 0 Å². The van der Waals surface area contributed by atoms with Gasteiger partial charge >= 0.3 is 11.9 Å². The molecule has 0 saturated carbocycles. The third kappa shape index (κ3) is 12.1. The Bertz CT molecular complexity index is 518. The molecule has 0 bridgehead atoms. The van der Waals surface area contributed by atoms with E-state index in [0.717, 1.165) is 5.56 Å². The molecule has 0 spiro atoms. The highest BCUT2D eigenvalue weighted by molar-refractivity contribution is 5.69. The molecule has 0 amide bonds. The Hall–Kier alpha value is -1.96. The summed E-state index contributed by atoms with van der Waals surface area (Å²) < 4.78 is 26.6. The van der Waals surface area contributed by atoms with E-state index in [1.807, 2.05) is 30.3 Å². The zero-order valence-corrected chi connectivity index (χ0v) is 16.2. The predicted octanol–water partition coefficient (Wildman–Crippen LogP) is 2.51. The topological polar surface area (TPSA) is 80.3 Å². The molecule has 0 radical (unpaired) electrons. The molecule has 1 rings (SSSR count). The number of esters is 2. The summed E-state index contributed by atoms with van der Waals surface area (Å²) in [5, 5.41) is 0. The number of rotatable bonds is 15. The summed E-state index contributed by atoms with van der Waals surface area (Å²) in [6.07, 6.45) is 0.0189. The van der Waals surface area contributed by atoms with Gasteiger partial charge in [0.25, 0.3) is 0 Å². The van der Waals surface area contributed by atoms with Gasteiger partial charge in [-0.15, -0.1) is 0 Å². The number of carbonyl (C=O) groups excluding carboxylic acids is 2. The van der Waals surface area contributed by atoms with Crippen molar-refractivity contribution in [3.63, 3.8) is 0 Å². The van der Waals surface area contributed by atoms with Crippen LogP contribution in [-0.4, -0.2) is 57.7 Å². The third-order valence-electron chi connectivity index (χ3n) is 3.44. The second-order valence-corrected chi connectivity index (χ2v) is 5.68. The molecule has 0 fully saturated rings. The van der Waals surface area contributed by atoms with Crippen molar-refractivity contribution in [1.29, 1.82) is 0 Å². The molecule has 0 heterocycles. The maximum Gasteiger partial charge on any atom is 0.308 e. The van der Waals surface area contributed by atoms with Crippen molar-refractivity contribution >= 4 is 11.9 Å². The molecule has 0 aliphatic rings. The molecule has 0 aromatic heterocycles. The first-order valence-electron chi connectivity index (χ1n) is 9.27. The van der Waals surface area contributed by atoms with Crippen LogP contribution in [0.2, 0.25) is 0 Å². The van der Waals surface area contributed by atoms with E-state index < -0.39 is 0 Å². The van der Waals surface area contributed by atoms with Gasteiger partial charge in [-0.2, -0.15) is 0 Å². The van der Waals surface area contributed by atoms with Crippen molar-refractivity contribution in [2.24, 2.45) is 0 Å². The van der Waals surface area contributed by atoms with Crippen LogP contribution in [0.5, 0.6) is 0 Å². The predicted molar refractivity (Wildman–Crippen MR) is 99.2 cm³/mol. The SMILES string of the molecule is CCOC(=O)CCOCC(COCc1ccccc1)OCCC(=O)OCC. The van der Waals surface area contributed by atoms with Gasteiger partial charge in [0.05, 0.1) is 59.1 Å². The van der Waals surface area contributed by atoms with Gasteiger partial charge < -0.3 is 23.7 Å². The highest BCUT2D eigenvalue weighted by Crippen LogP contribution is 2.04. The molecular formula is C20H30O7. The van der Waals surface area contributed by atoms with E-state index in [-0.39, 0.29) is 50.7 Å². The summed E-state index contributed by atoms with van der Waals surface area (Å²) in [7, 11) is 0. The first-order chi connectivity index (χ1) is 13.2. The van der Waals surface area contributed by atoms with Crippen molar-refractivity contribution < 1.29 is 33.3 Å². The Labute approximate surface area is 160 Å². The van der Waals surface area contributed by atoms with E-state index >= 15 is 0 Å². The van der Waals surface area contributed by atoms with Crippen LogP contribution in [0.1, 0.15) is 32.3 Å². The Balaban J connectivity index is 2.33. The summed E-state index contributed by atoms with van der Waals surface area (Å²) in [5.74, 6) is -0.595. The summed E-state index contributed by atoms with van der Waals surface area (Å²) in [4.78, 5) is 22.7. The van der Waals surface area contributed by atoms with E-state index in [1.54, 1.807) is 13.8 Å². The average molecular weight is 382 g/mol. The Morgan fingerprint density at radius 2 is 1.44 bits per heavy atom. The van der Waals surface area contributed by atoms with E-state index in [0.29, 0.717) is 26.4 Å². The van der Waals surface area contributed by atoms with Gasteiger partial charge in [0, 0.05) is 0 Å². The quantitative estimate of drug-likeness (QED) is 0.341. The first-order valence-corrected chi connectivity index (χ1v) is 9.27. The van der Waals surface area contributed by atoms with Crippen LogP contribution in [0.15, 0.2) is 30.3 Å².